The Bertz CT molecular complexity index is 367. The molecule has 102 valence electrons. The minimum atomic E-state index is 0.461. The molecule has 1 saturated heterocycles. The quantitative estimate of drug-likeness (QED) is 0.882. The summed E-state index contributed by atoms with van der Waals surface area (Å²) in [5.41, 5.74) is 1.19. The van der Waals surface area contributed by atoms with Crippen LogP contribution in [0.3, 0.4) is 0 Å². The van der Waals surface area contributed by atoms with Gasteiger partial charge in [-0.25, -0.2) is 4.98 Å². The zero-order valence-corrected chi connectivity index (χ0v) is 12.3. The molecule has 1 aromatic heterocycles. The number of nitrogens with one attached hydrogen (secondary N) is 1. The molecule has 1 N–H and O–H groups in total. The van der Waals surface area contributed by atoms with E-state index in [1.807, 2.05) is 0 Å². The summed E-state index contributed by atoms with van der Waals surface area (Å²) in [5, 5.41) is 6.81. The van der Waals surface area contributed by atoms with E-state index in [4.69, 9.17) is 4.74 Å². The van der Waals surface area contributed by atoms with Crippen molar-refractivity contribution >= 4 is 11.3 Å². The Balaban J connectivity index is 1.90. The first-order valence-electron chi connectivity index (χ1n) is 6.61. The van der Waals surface area contributed by atoms with Gasteiger partial charge in [-0.2, -0.15) is 0 Å². The highest BCUT2D eigenvalue weighted by Crippen LogP contribution is 2.14. The topological polar surface area (TPSA) is 37.4 Å². The Kier molecular flexibility index (Phi) is 5.12. The first-order chi connectivity index (χ1) is 8.65. The SMILES string of the molecule is Cc1nc(CN2CCOCC2CNC(C)C)cs1. The Morgan fingerprint density at radius 1 is 1.61 bits per heavy atom. The maximum Gasteiger partial charge on any atom is 0.0897 e. The lowest BCUT2D eigenvalue weighted by atomic mass is 10.2. The second-order valence-corrected chi connectivity index (χ2v) is 6.18. The molecule has 2 heterocycles. The third-order valence-corrected chi connectivity index (χ3v) is 3.97. The third kappa shape index (κ3) is 4.02. The van der Waals surface area contributed by atoms with Crippen molar-refractivity contribution in [3.63, 3.8) is 0 Å². The predicted octanol–water partition coefficient (Wildman–Crippen LogP) is 1.65. The van der Waals surface area contributed by atoms with Gasteiger partial charge >= 0.3 is 0 Å². The smallest absolute Gasteiger partial charge is 0.0897 e. The van der Waals surface area contributed by atoms with Gasteiger partial charge in [-0.15, -0.1) is 11.3 Å². The van der Waals surface area contributed by atoms with E-state index < -0.39 is 0 Å². The normalized spacial score (nSPS) is 21.7. The molecule has 1 fully saturated rings. The van der Waals surface area contributed by atoms with Crippen molar-refractivity contribution in [2.24, 2.45) is 0 Å². The van der Waals surface area contributed by atoms with Crippen molar-refractivity contribution in [2.75, 3.05) is 26.3 Å². The van der Waals surface area contributed by atoms with Gasteiger partial charge in [0.1, 0.15) is 0 Å². The van der Waals surface area contributed by atoms with Gasteiger partial charge in [0.2, 0.25) is 0 Å². The number of nitrogens with zero attached hydrogens (tertiary/aromatic N) is 2. The zero-order valence-electron chi connectivity index (χ0n) is 11.5. The highest BCUT2D eigenvalue weighted by atomic mass is 32.1. The lowest BCUT2D eigenvalue weighted by Gasteiger charge is -2.35. The highest BCUT2D eigenvalue weighted by molar-refractivity contribution is 7.09. The average molecular weight is 269 g/mol. The van der Waals surface area contributed by atoms with E-state index in [0.29, 0.717) is 12.1 Å². The second-order valence-electron chi connectivity index (χ2n) is 5.12. The van der Waals surface area contributed by atoms with Gasteiger partial charge in [0.15, 0.2) is 0 Å². The van der Waals surface area contributed by atoms with Crippen molar-refractivity contribution in [1.82, 2.24) is 15.2 Å². The van der Waals surface area contributed by atoms with Crippen molar-refractivity contribution in [2.45, 2.75) is 39.4 Å². The predicted molar refractivity (Wildman–Crippen MR) is 75.0 cm³/mol. The van der Waals surface area contributed by atoms with Crippen LogP contribution < -0.4 is 5.32 Å². The Morgan fingerprint density at radius 2 is 2.44 bits per heavy atom. The van der Waals surface area contributed by atoms with E-state index >= 15 is 0 Å². The molecule has 0 saturated carbocycles. The van der Waals surface area contributed by atoms with Gasteiger partial charge in [0, 0.05) is 37.1 Å². The fourth-order valence-corrected chi connectivity index (χ4v) is 2.75. The molecule has 1 aromatic rings. The molecule has 0 radical (unpaired) electrons. The minimum absolute atomic E-state index is 0.461. The average Bonchev–Trinajstić information content (AvgIpc) is 2.73. The van der Waals surface area contributed by atoms with Gasteiger partial charge in [-0.3, -0.25) is 4.90 Å². The third-order valence-electron chi connectivity index (χ3n) is 3.14. The van der Waals surface area contributed by atoms with Gasteiger partial charge in [0.05, 0.1) is 23.9 Å². The molecule has 0 bridgehead atoms. The Hall–Kier alpha value is -0.490. The van der Waals surface area contributed by atoms with Gasteiger partial charge in [-0.1, -0.05) is 13.8 Å². The molecule has 0 amide bonds. The maximum absolute atomic E-state index is 5.59. The van der Waals surface area contributed by atoms with E-state index in [1.165, 1.54) is 5.69 Å². The summed E-state index contributed by atoms with van der Waals surface area (Å²) in [5.74, 6) is 0. The number of rotatable bonds is 5. The number of hydrogen-bond donors (Lipinski definition) is 1. The van der Waals surface area contributed by atoms with Crippen molar-refractivity contribution in [1.29, 1.82) is 0 Å². The summed E-state index contributed by atoms with van der Waals surface area (Å²) in [7, 11) is 0. The van der Waals surface area contributed by atoms with Crippen LogP contribution in [0, 0.1) is 6.92 Å². The van der Waals surface area contributed by atoms with Crippen LogP contribution in [0.5, 0.6) is 0 Å². The van der Waals surface area contributed by atoms with Crippen LogP contribution >= 0.6 is 11.3 Å². The van der Waals surface area contributed by atoms with Crippen molar-refractivity contribution in [3.05, 3.63) is 16.1 Å². The minimum Gasteiger partial charge on any atom is -0.378 e. The maximum atomic E-state index is 5.59. The van der Waals surface area contributed by atoms with Crippen molar-refractivity contribution < 1.29 is 4.74 Å². The summed E-state index contributed by atoms with van der Waals surface area (Å²) in [6.07, 6.45) is 0. The van der Waals surface area contributed by atoms with Crippen LogP contribution in [0.2, 0.25) is 0 Å². The molecule has 0 aliphatic carbocycles. The van der Waals surface area contributed by atoms with Gasteiger partial charge in [-0.05, 0) is 6.92 Å². The van der Waals surface area contributed by atoms with E-state index in [9.17, 15) is 0 Å². The lowest BCUT2D eigenvalue weighted by molar-refractivity contribution is -0.0119. The fraction of sp³-hybridized carbons (Fsp3) is 0.769. The van der Waals surface area contributed by atoms with Crippen LogP contribution in [0.15, 0.2) is 5.38 Å². The molecular weight excluding hydrogens is 246 g/mol. The van der Waals surface area contributed by atoms with Crippen molar-refractivity contribution in [3.8, 4) is 0 Å². The second kappa shape index (κ2) is 6.61. The van der Waals surface area contributed by atoms with Crippen LogP contribution in [0.1, 0.15) is 24.5 Å². The number of ether oxygens (including phenoxy) is 1. The molecule has 18 heavy (non-hydrogen) atoms. The molecule has 1 aliphatic rings. The van der Waals surface area contributed by atoms with E-state index in [0.717, 1.165) is 37.9 Å². The summed E-state index contributed by atoms with van der Waals surface area (Å²) < 4.78 is 5.59. The standard InChI is InChI=1S/C13H23N3OS/c1-10(2)14-6-13-8-17-5-4-16(13)7-12-9-18-11(3)15-12/h9-10,13-14H,4-8H2,1-3H3. The number of aromatic nitrogens is 1. The van der Waals surface area contributed by atoms with Crippen LogP contribution in [0.4, 0.5) is 0 Å². The molecule has 0 spiro atoms. The van der Waals surface area contributed by atoms with E-state index in [-0.39, 0.29) is 0 Å². The summed E-state index contributed by atoms with van der Waals surface area (Å²) in [6, 6.07) is 0.985. The van der Waals surface area contributed by atoms with E-state index in [2.05, 4.69) is 41.4 Å². The van der Waals surface area contributed by atoms with Gasteiger partial charge in [0.25, 0.3) is 0 Å². The van der Waals surface area contributed by atoms with Crippen LogP contribution in [0.25, 0.3) is 0 Å². The highest BCUT2D eigenvalue weighted by Gasteiger charge is 2.23. The summed E-state index contributed by atoms with van der Waals surface area (Å²) >= 11 is 1.73. The zero-order chi connectivity index (χ0) is 13.0. The molecule has 4 nitrogen and oxygen atoms in total. The number of hydrogen-bond acceptors (Lipinski definition) is 5. The monoisotopic (exact) mass is 269 g/mol. The first-order valence-corrected chi connectivity index (χ1v) is 7.49. The molecule has 2 rings (SSSR count). The number of thiazole rings is 1. The molecule has 1 atom stereocenters. The fourth-order valence-electron chi connectivity index (χ4n) is 2.15. The lowest BCUT2D eigenvalue weighted by Crippen LogP contribution is -2.50. The molecular formula is C13H23N3OS. The number of aryl methyl sites for hydroxylation is 1. The van der Waals surface area contributed by atoms with E-state index in [1.54, 1.807) is 11.3 Å². The Morgan fingerprint density at radius 3 is 3.11 bits per heavy atom. The van der Waals surface area contributed by atoms with Gasteiger partial charge < -0.3 is 10.1 Å². The summed E-state index contributed by atoms with van der Waals surface area (Å²) in [6.45, 7) is 11.0. The first kappa shape index (κ1) is 13.9. The van der Waals surface area contributed by atoms with Crippen LogP contribution in [-0.2, 0) is 11.3 Å². The largest absolute Gasteiger partial charge is 0.378 e. The number of morpholine rings is 1. The Labute approximate surface area is 113 Å². The molecule has 1 unspecified atom stereocenters. The van der Waals surface area contributed by atoms with Crippen LogP contribution in [-0.4, -0.2) is 48.3 Å². The molecule has 1 aliphatic heterocycles. The summed E-state index contributed by atoms with van der Waals surface area (Å²) in [4.78, 5) is 7.03. The molecule has 5 heteroatoms. The molecule has 0 aromatic carbocycles.